The first-order valence-electron chi connectivity index (χ1n) is 5.12. The van der Waals surface area contributed by atoms with E-state index in [2.05, 4.69) is 0 Å². The summed E-state index contributed by atoms with van der Waals surface area (Å²) >= 11 is 0. The van der Waals surface area contributed by atoms with Crippen LogP contribution in [0.3, 0.4) is 0 Å². The van der Waals surface area contributed by atoms with E-state index in [1.165, 1.54) is 6.42 Å². The molecule has 0 aromatic rings. The SMILES string of the molecule is CC(F)(F)C(N)C1CC2CCC1C2. The Morgan fingerprint density at radius 1 is 1.31 bits per heavy atom. The Kier molecular flexibility index (Phi) is 2.10. The van der Waals surface area contributed by atoms with Crippen molar-refractivity contribution in [1.29, 1.82) is 0 Å². The minimum absolute atomic E-state index is 0.0822. The van der Waals surface area contributed by atoms with Crippen LogP contribution in [-0.2, 0) is 0 Å². The first kappa shape index (κ1) is 9.38. The van der Waals surface area contributed by atoms with Crippen LogP contribution in [0.5, 0.6) is 0 Å². The molecule has 2 rings (SSSR count). The predicted octanol–water partition coefficient (Wildman–Crippen LogP) is 2.41. The number of hydrogen-bond acceptors (Lipinski definition) is 1. The summed E-state index contributed by atoms with van der Waals surface area (Å²) in [5, 5.41) is 0. The first-order chi connectivity index (χ1) is 5.98. The molecular weight excluding hydrogens is 172 g/mol. The molecule has 0 aromatic carbocycles. The van der Waals surface area contributed by atoms with Crippen LogP contribution in [0.2, 0.25) is 0 Å². The van der Waals surface area contributed by atoms with Gasteiger partial charge in [-0.15, -0.1) is 0 Å². The fourth-order valence-electron chi connectivity index (χ4n) is 3.11. The summed E-state index contributed by atoms with van der Waals surface area (Å²) in [6, 6.07) is -0.914. The van der Waals surface area contributed by atoms with Crippen LogP contribution in [0.4, 0.5) is 8.78 Å². The lowest BCUT2D eigenvalue weighted by atomic mass is 9.81. The standard InChI is InChI=1S/C10H17F2N/c1-10(11,12)9(13)8-5-6-2-3-7(8)4-6/h6-9H,2-5,13H2,1H3. The molecule has 13 heavy (non-hydrogen) atoms. The summed E-state index contributed by atoms with van der Waals surface area (Å²) in [4.78, 5) is 0. The zero-order valence-corrected chi connectivity index (χ0v) is 7.97. The zero-order valence-electron chi connectivity index (χ0n) is 7.97. The fourth-order valence-corrected chi connectivity index (χ4v) is 3.11. The van der Waals surface area contributed by atoms with Crippen molar-refractivity contribution in [3.8, 4) is 0 Å². The smallest absolute Gasteiger partial charge is 0.260 e. The topological polar surface area (TPSA) is 26.0 Å². The Hall–Kier alpha value is -0.180. The van der Waals surface area contributed by atoms with Gasteiger partial charge in [-0.1, -0.05) is 6.42 Å². The van der Waals surface area contributed by atoms with E-state index in [1.807, 2.05) is 0 Å². The Balaban J connectivity index is 2.02. The second-order valence-electron chi connectivity index (χ2n) is 4.82. The van der Waals surface area contributed by atoms with Crippen molar-refractivity contribution in [2.75, 3.05) is 0 Å². The second-order valence-corrected chi connectivity index (χ2v) is 4.82. The number of halogens is 2. The minimum Gasteiger partial charge on any atom is -0.322 e. The molecule has 2 fully saturated rings. The third kappa shape index (κ3) is 1.58. The summed E-state index contributed by atoms with van der Waals surface area (Å²) in [5.41, 5.74) is 5.59. The first-order valence-corrected chi connectivity index (χ1v) is 5.12. The lowest BCUT2D eigenvalue weighted by molar-refractivity contribution is -0.0329. The van der Waals surface area contributed by atoms with Gasteiger partial charge in [0.25, 0.3) is 5.92 Å². The third-order valence-electron chi connectivity index (χ3n) is 3.84. The average molecular weight is 189 g/mol. The van der Waals surface area contributed by atoms with E-state index in [0.29, 0.717) is 11.8 Å². The van der Waals surface area contributed by atoms with E-state index in [-0.39, 0.29) is 5.92 Å². The summed E-state index contributed by atoms with van der Waals surface area (Å²) < 4.78 is 25.9. The van der Waals surface area contributed by atoms with Crippen LogP contribution in [0.1, 0.15) is 32.6 Å². The molecule has 0 saturated heterocycles. The summed E-state index contributed by atoms with van der Waals surface area (Å²) in [7, 11) is 0. The summed E-state index contributed by atoms with van der Waals surface area (Å²) in [6.07, 6.45) is 4.45. The molecule has 3 heteroatoms. The fraction of sp³-hybridized carbons (Fsp3) is 1.00. The monoisotopic (exact) mass is 189 g/mol. The number of nitrogens with two attached hydrogens (primary N) is 1. The lowest BCUT2D eigenvalue weighted by Crippen LogP contribution is -2.46. The molecular formula is C10H17F2N. The molecule has 76 valence electrons. The quantitative estimate of drug-likeness (QED) is 0.709. The van der Waals surface area contributed by atoms with Gasteiger partial charge < -0.3 is 5.73 Å². The van der Waals surface area contributed by atoms with Crippen LogP contribution in [0, 0.1) is 17.8 Å². The van der Waals surface area contributed by atoms with Gasteiger partial charge in [-0.05, 0) is 37.0 Å². The maximum absolute atomic E-state index is 13.0. The van der Waals surface area contributed by atoms with E-state index in [0.717, 1.165) is 26.2 Å². The highest BCUT2D eigenvalue weighted by Crippen LogP contribution is 2.50. The van der Waals surface area contributed by atoms with Gasteiger partial charge in [-0.25, -0.2) is 8.78 Å². The van der Waals surface area contributed by atoms with Crippen LogP contribution < -0.4 is 5.73 Å². The maximum Gasteiger partial charge on any atom is 0.260 e. The molecule has 0 amide bonds. The largest absolute Gasteiger partial charge is 0.322 e. The Morgan fingerprint density at radius 3 is 2.38 bits per heavy atom. The lowest BCUT2D eigenvalue weighted by Gasteiger charge is -2.31. The van der Waals surface area contributed by atoms with Crippen molar-refractivity contribution in [2.24, 2.45) is 23.5 Å². The zero-order chi connectivity index (χ0) is 9.64. The van der Waals surface area contributed by atoms with Gasteiger partial charge >= 0.3 is 0 Å². The van der Waals surface area contributed by atoms with Gasteiger partial charge in [-0.2, -0.15) is 0 Å². The molecule has 0 aromatic heterocycles. The molecule has 2 N–H and O–H groups in total. The number of rotatable bonds is 2. The van der Waals surface area contributed by atoms with Crippen molar-refractivity contribution in [3.05, 3.63) is 0 Å². The average Bonchev–Trinajstić information content (AvgIpc) is 2.60. The maximum atomic E-state index is 13.0. The number of alkyl halides is 2. The van der Waals surface area contributed by atoms with E-state index in [1.54, 1.807) is 0 Å². The van der Waals surface area contributed by atoms with Crippen LogP contribution in [0.25, 0.3) is 0 Å². The van der Waals surface area contributed by atoms with E-state index >= 15 is 0 Å². The van der Waals surface area contributed by atoms with Crippen molar-refractivity contribution in [2.45, 2.75) is 44.6 Å². The molecule has 0 aliphatic heterocycles. The third-order valence-corrected chi connectivity index (χ3v) is 3.84. The van der Waals surface area contributed by atoms with Crippen molar-refractivity contribution < 1.29 is 8.78 Å². The number of fused-ring (bicyclic) bond motifs is 2. The molecule has 1 nitrogen and oxygen atoms in total. The van der Waals surface area contributed by atoms with Crippen LogP contribution in [0.15, 0.2) is 0 Å². The van der Waals surface area contributed by atoms with Crippen molar-refractivity contribution >= 4 is 0 Å². The van der Waals surface area contributed by atoms with Crippen molar-refractivity contribution in [1.82, 2.24) is 0 Å². The summed E-state index contributed by atoms with van der Waals surface area (Å²) in [5.74, 6) is -1.43. The molecule has 4 unspecified atom stereocenters. The molecule has 2 saturated carbocycles. The molecule has 0 radical (unpaired) electrons. The molecule has 2 bridgehead atoms. The molecule has 0 spiro atoms. The molecule has 2 aliphatic carbocycles. The molecule has 4 atom stereocenters. The normalized spacial score (nSPS) is 41.1. The highest BCUT2D eigenvalue weighted by Gasteiger charge is 2.47. The molecule has 0 heterocycles. The van der Waals surface area contributed by atoms with Crippen LogP contribution >= 0.6 is 0 Å². The van der Waals surface area contributed by atoms with Gasteiger partial charge in [0.2, 0.25) is 0 Å². The van der Waals surface area contributed by atoms with E-state index in [4.69, 9.17) is 5.73 Å². The predicted molar refractivity (Wildman–Crippen MR) is 47.5 cm³/mol. The van der Waals surface area contributed by atoms with Gasteiger partial charge in [0.1, 0.15) is 0 Å². The highest BCUT2D eigenvalue weighted by atomic mass is 19.3. The second kappa shape index (κ2) is 2.91. The Bertz CT molecular complexity index is 200. The highest BCUT2D eigenvalue weighted by molar-refractivity contribution is 4.97. The van der Waals surface area contributed by atoms with Crippen molar-refractivity contribution in [3.63, 3.8) is 0 Å². The number of hydrogen-bond donors (Lipinski definition) is 1. The Labute approximate surface area is 77.7 Å². The summed E-state index contributed by atoms with van der Waals surface area (Å²) in [6.45, 7) is 0.948. The van der Waals surface area contributed by atoms with Gasteiger partial charge in [0.15, 0.2) is 0 Å². The van der Waals surface area contributed by atoms with Crippen LogP contribution in [-0.4, -0.2) is 12.0 Å². The van der Waals surface area contributed by atoms with E-state index < -0.39 is 12.0 Å². The van der Waals surface area contributed by atoms with Gasteiger partial charge in [0.05, 0.1) is 6.04 Å². The van der Waals surface area contributed by atoms with Gasteiger partial charge in [0, 0.05) is 6.92 Å². The van der Waals surface area contributed by atoms with E-state index in [9.17, 15) is 8.78 Å². The minimum atomic E-state index is -2.70. The molecule has 2 aliphatic rings. The van der Waals surface area contributed by atoms with Gasteiger partial charge in [-0.3, -0.25) is 0 Å². The Morgan fingerprint density at radius 2 is 2.00 bits per heavy atom.